The van der Waals surface area contributed by atoms with Crippen LogP contribution in [0, 0.1) is 0 Å². The third kappa shape index (κ3) is 16.8. The molecule has 0 aromatic heterocycles. The Kier molecular flexibility index (Phi) is 18.6. The molecule has 0 spiro atoms. The summed E-state index contributed by atoms with van der Waals surface area (Å²) in [5.74, 6) is -3.10. The summed E-state index contributed by atoms with van der Waals surface area (Å²) in [4.78, 5) is 54.7. The lowest BCUT2D eigenvalue weighted by Gasteiger charge is -2.20. The van der Waals surface area contributed by atoms with Gasteiger partial charge in [0.1, 0.15) is 32.0 Å². The van der Waals surface area contributed by atoms with Crippen molar-refractivity contribution in [1.82, 2.24) is 0 Å². The number of benzene rings is 2. The number of ether oxygens (including phenoxy) is 3. The Morgan fingerprint density at radius 2 is 1.12 bits per heavy atom. The van der Waals surface area contributed by atoms with Crippen LogP contribution in [0.4, 0.5) is 0 Å². The lowest BCUT2D eigenvalue weighted by Crippen LogP contribution is -2.25. The van der Waals surface area contributed by atoms with Gasteiger partial charge < -0.3 is 38.9 Å². The second-order valence-corrected chi connectivity index (χ2v) is 15.4. The largest absolute Gasteiger partial charge is 0.481 e. The second kappa shape index (κ2) is 21.1. The molecule has 0 radical (unpaired) electrons. The molecule has 264 valence electrons. The molecular formula is C32H42O14P2. The average molecular weight is 713 g/mol. The van der Waals surface area contributed by atoms with Crippen LogP contribution in [0.5, 0.6) is 0 Å². The molecule has 0 aliphatic rings. The van der Waals surface area contributed by atoms with E-state index < -0.39 is 50.8 Å². The highest BCUT2D eigenvalue weighted by atomic mass is 31.2. The van der Waals surface area contributed by atoms with E-state index in [-0.39, 0.29) is 68.0 Å². The molecule has 0 saturated carbocycles. The summed E-state index contributed by atoms with van der Waals surface area (Å²) >= 11 is 0. The van der Waals surface area contributed by atoms with Gasteiger partial charge in [-0.05, 0) is 38.1 Å². The maximum atomic E-state index is 13.0. The molecule has 0 bridgehead atoms. The van der Waals surface area contributed by atoms with Gasteiger partial charge in [-0.1, -0.05) is 49.6 Å². The third-order valence-electron chi connectivity index (χ3n) is 5.97. The van der Waals surface area contributed by atoms with Gasteiger partial charge in [0.05, 0.1) is 19.4 Å². The van der Waals surface area contributed by atoms with Gasteiger partial charge in [-0.3, -0.25) is 18.7 Å². The number of hydrogen-bond acceptors (Lipinski definition) is 12. The zero-order chi connectivity index (χ0) is 36.3. The highest BCUT2D eigenvalue weighted by Crippen LogP contribution is 2.46. The average Bonchev–Trinajstić information content (AvgIpc) is 3.06. The summed E-state index contributed by atoms with van der Waals surface area (Å²) in [7, 11) is -7.07. The number of carbonyl (C=O) groups excluding carboxylic acids is 3. The molecule has 0 saturated heterocycles. The van der Waals surface area contributed by atoms with Crippen molar-refractivity contribution >= 4 is 49.2 Å². The highest BCUT2D eigenvalue weighted by Gasteiger charge is 2.28. The van der Waals surface area contributed by atoms with Gasteiger partial charge in [-0.15, -0.1) is 0 Å². The van der Waals surface area contributed by atoms with Gasteiger partial charge in [0.2, 0.25) is 14.7 Å². The van der Waals surface area contributed by atoms with E-state index in [1.165, 1.54) is 26.0 Å². The Morgan fingerprint density at radius 3 is 1.58 bits per heavy atom. The van der Waals surface area contributed by atoms with E-state index in [0.717, 1.165) is 0 Å². The first kappa shape index (κ1) is 42.1. The number of carbonyl (C=O) groups is 4. The van der Waals surface area contributed by atoms with Crippen molar-refractivity contribution in [2.45, 2.75) is 38.9 Å². The van der Waals surface area contributed by atoms with E-state index in [1.807, 2.05) is 0 Å². The Labute approximate surface area is 278 Å². The van der Waals surface area contributed by atoms with Gasteiger partial charge >= 0.3 is 23.9 Å². The molecule has 2 aromatic rings. The van der Waals surface area contributed by atoms with E-state index in [9.17, 15) is 43.4 Å². The van der Waals surface area contributed by atoms with Gasteiger partial charge in [0, 0.05) is 34.1 Å². The number of aliphatic carboxylic acids is 1. The molecule has 16 heteroatoms. The second-order valence-electron chi connectivity index (χ2n) is 10.4. The number of esters is 3. The lowest BCUT2D eigenvalue weighted by molar-refractivity contribution is -0.150. The van der Waals surface area contributed by atoms with Crippen molar-refractivity contribution in [2.24, 2.45) is 0 Å². The Balaban J connectivity index is 0.000000480. The standard InChI is InChI=1S/2C16H21O7P/c1-12(2)16(19)23-11-13(17)10-22-15(18)8-9-24(20,21)14-6-4-3-5-7-14;1-12(2)16(20)22-10-13(17)11-23-24(21,9-8-15(18)19)14-6-4-3-5-7-14/h3-7,13,17H,1,8-11H2,2H3,(H,20,21);3-7,13,17H,1,8-11H2,2H3,(H,18,19). The van der Waals surface area contributed by atoms with Crippen molar-refractivity contribution in [3.8, 4) is 0 Å². The first-order valence-corrected chi connectivity index (χ1v) is 18.2. The molecule has 0 fully saturated rings. The molecule has 0 heterocycles. The number of carboxylic acid groups (broad SMARTS) is 1. The number of aliphatic hydroxyl groups is 2. The molecule has 48 heavy (non-hydrogen) atoms. The summed E-state index contributed by atoms with van der Waals surface area (Å²) in [5.41, 5.74) is 0.387. The smallest absolute Gasteiger partial charge is 0.333 e. The van der Waals surface area contributed by atoms with Crippen LogP contribution in [0.2, 0.25) is 0 Å². The summed E-state index contributed by atoms with van der Waals surface area (Å²) in [6.45, 7) is 8.35. The predicted molar refractivity (Wildman–Crippen MR) is 177 cm³/mol. The number of carboxylic acids is 1. The third-order valence-corrected chi connectivity index (χ3v) is 10.4. The first-order chi connectivity index (χ1) is 22.5. The molecule has 14 nitrogen and oxygen atoms in total. The first-order valence-electron chi connectivity index (χ1n) is 14.5. The quantitative estimate of drug-likeness (QED) is 0.0712. The fourth-order valence-corrected chi connectivity index (χ4v) is 6.80. The Bertz CT molecular complexity index is 1480. The van der Waals surface area contributed by atoms with E-state index in [2.05, 4.69) is 13.2 Å². The molecule has 2 rings (SSSR count). The summed E-state index contributed by atoms with van der Waals surface area (Å²) < 4.78 is 44.7. The Morgan fingerprint density at radius 1 is 0.688 bits per heavy atom. The van der Waals surface area contributed by atoms with Crippen LogP contribution in [0.15, 0.2) is 85.0 Å². The van der Waals surface area contributed by atoms with Crippen molar-refractivity contribution in [3.63, 3.8) is 0 Å². The van der Waals surface area contributed by atoms with Crippen molar-refractivity contribution in [1.29, 1.82) is 0 Å². The van der Waals surface area contributed by atoms with Crippen LogP contribution in [0.25, 0.3) is 0 Å². The Hall–Kier alpha value is -3.90. The highest BCUT2D eigenvalue weighted by molar-refractivity contribution is 7.67. The number of rotatable bonds is 19. The van der Waals surface area contributed by atoms with E-state index in [0.29, 0.717) is 5.30 Å². The minimum absolute atomic E-state index is 0.190. The number of hydrogen-bond donors (Lipinski definition) is 4. The van der Waals surface area contributed by atoms with Crippen molar-refractivity contribution in [3.05, 3.63) is 85.0 Å². The van der Waals surface area contributed by atoms with Crippen LogP contribution in [0.3, 0.4) is 0 Å². The fraction of sp³-hybridized carbons (Fsp3) is 0.375. The van der Waals surface area contributed by atoms with Crippen LogP contribution in [-0.4, -0.2) is 95.0 Å². The van der Waals surface area contributed by atoms with Gasteiger partial charge in [0.25, 0.3) is 0 Å². The molecule has 0 amide bonds. The molecule has 4 unspecified atom stereocenters. The zero-order valence-corrected chi connectivity index (χ0v) is 28.6. The van der Waals surface area contributed by atoms with Crippen LogP contribution in [-0.2, 0) is 47.0 Å². The van der Waals surface area contributed by atoms with Gasteiger partial charge in [-0.25, -0.2) is 9.59 Å². The van der Waals surface area contributed by atoms with E-state index in [1.54, 1.807) is 48.5 Å². The lowest BCUT2D eigenvalue weighted by atomic mass is 10.3. The fourth-order valence-electron chi connectivity index (χ4n) is 3.35. The minimum atomic E-state index is -3.63. The van der Waals surface area contributed by atoms with Crippen LogP contribution < -0.4 is 10.6 Å². The van der Waals surface area contributed by atoms with Gasteiger partial charge in [-0.2, -0.15) is 0 Å². The predicted octanol–water partition coefficient (Wildman–Crippen LogP) is 2.56. The van der Waals surface area contributed by atoms with Crippen molar-refractivity contribution in [2.75, 3.05) is 38.8 Å². The minimum Gasteiger partial charge on any atom is -0.481 e. The summed E-state index contributed by atoms with van der Waals surface area (Å²) in [6, 6.07) is 16.3. The monoisotopic (exact) mass is 712 g/mol. The summed E-state index contributed by atoms with van der Waals surface area (Å²) in [5, 5.41) is 28.8. The molecule has 4 N–H and O–H groups in total. The maximum Gasteiger partial charge on any atom is 0.333 e. The topological polar surface area (TPSA) is 220 Å². The SMILES string of the molecule is C=C(C)C(=O)OCC(O)COC(=O)CCP(=O)(O)c1ccccc1.C=C(C)C(=O)OCC(O)COP(=O)(CCC(=O)O)c1ccccc1. The van der Waals surface area contributed by atoms with Gasteiger partial charge in [0.15, 0.2) is 0 Å². The van der Waals surface area contributed by atoms with E-state index >= 15 is 0 Å². The van der Waals surface area contributed by atoms with Crippen molar-refractivity contribution < 1.29 is 67.3 Å². The van der Waals surface area contributed by atoms with Crippen LogP contribution in [0.1, 0.15) is 26.7 Å². The molecular weight excluding hydrogens is 670 g/mol. The molecule has 0 aliphatic heterocycles. The molecule has 2 aromatic carbocycles. The van der Waals surface area contributed by atoms with Crippen LogP contribution >= 0.6 is 14.7 Å². The molecule has 4 atom stereocenters. The maximum absolute atomic E-state index is 13.0. The summed E-state index contributed by atoms with van der Waals surface area (Å²) in [6.07, 6.45) is -3.39. The zero-order valence-electron chi connectivity index (χ0n) is 26.8. The number of aliphatic hydroxyl groups excluding tert-OH is 2. The normalized spacial score (nSPS) is 14.4. The van der Waals surface area contributed by atoms with E-state index in [4.69, 9.17) is 23.8 Å². The molecule has 0 aliphatic carbocycles.